The predicted molar refractivity (Wildman–Crippen MR) is 96.4 cm³/mol. The quantitative estimate of drug-likeness (QED) is 0.653. The van der Waals surface area contributed by atoms with Crippen molar-refractivity contribution in [1.29, 1.82) is 0 Å². The number of aryl methyl sites for hydroxylation is 1. The maximum atomic E-state index is 12.2. The third kappa shape index (κ3) is 3.51. The molecule has 0 atom stereocenters. The van der Waals surface area contributed by atoms with Gasteiger partial charge in [0.05, 0.1) is 12.7 Å². The number of nitrogens with zero attached hydrogens (tertiary/aromatic N) is 1. The van der Waals surface area contributed by atoms with Crippen LogP contribution in [0.3, 0.4) is 0 Å². The number of aromatic nitrogens is 1. The molecule has 3 rings (SSSR count). The number of methoxy groups -OCH3 is 1. The van der Waals surface area contributed by atoms with Gasteiger partial charge >= 0.3 is 5.97 Å². The van der Waals surface area contributed by atoms with Crippen LogP contribution in [-0.4, -0.2) is 23.2 Å². The van der Waals surface area contributed by atoms with Crippen LogP contribution in [0.2, 0.25) is 0 Å². The van der Waals surface area contributed by atoms with E-state index in [1.165, 1.54) is 12.0 Å². The lowest BCUT2D eigenvalue weighted by Crippen LogP contribution is -2.20. The molecule has 7 heteroatoms. The third-order valence-corrected chi connectivity index (χ3v) is 5.14. The SMILES string of the molecule is COC(=O)c1c(NC(=S)Nc2ccncc2)sc2c1CCCC2. The van der Waals surface area contributed by atoms with Gasteiger partial charge in [0.2, 0.25) is 0 Å². The molecule has 2 aromatic heterocycles. The van der Waals surface area contributed by atoms with Gasteiger partial charge in [-0.2, -0.15) is 0 Å². The molecule has 0 unspecified atom stereocenters. The molecule has 23 heavy (non-hydrogen) atoms. The van der Waals surface area contributed by atoms with E-state index in [4.69, 9.17) is 17.0 Å². The Balaban J connectivity index is 1.83. The highest BCUT2D eigenvalue weighted by atomic mass is 32.1. The lowest BCUT2D eigenvalue weighted by atomic mass is 9.95. The average Bonchev–Trinajstić information content (AvgIpc) is 2.92. The highest BCUT2D eigenvalue weighted by molar-refractivity contribution is 7.80. The summed E-state index contributed by atoms with van der Waals surface area (Å²) in [6.07, 6.45) is 7.57. The summed E-state index contributed by atoms with van der Waals surface area (Å²) in [5.74, 6) is -0.307. The maximum Gasteiger partial charge on any atom is 0.341 e. The fraction of sp³-hybridized carbons (Fsp3) is 0.312. The van der Waals surface area contributed by atoms with Crippen molar-refractivity contribution in [2.45, 2.75) is 25.7 Å². The summed E-state index contributed by atoms with van der Waals surface area (Å²) in [7, 11) is 1.41. The molecule has 1 aliphatic rings. The fourth-order valence-corrected chi connectivity index (χ4v) is 4.24. The molecular formula is C16H17N3O2S2. The Bertz CT molecular complexity index is 728. The number of anilines is 2. The summed E-state index contributed by atoms with van der Waals surface area (Å²) in [6, 6.07) is 3.66. The first-order chi connectivity index (χ1) is 11.2. The molecule has 120 valence electrons. The van der Waals surface area contributed by atoms with E-state index in [0.29, 0.717) is 10.7 Å². The molecule has 2 N–H and O–H groups in total. The average molecular weight is 347 g/mol. The van der Waals surface area contributed by atoms with E-state index in [1.807, 2.05) is 12.1 Å². The minimum Gasteiger partial charge on any atom is -0.465 e. The molecule has 0 bridgehead atoms. The van der Waals surface area contributed by atoms with E-state index in [1.54, 1.807) is 23.7 Å². The van der Waals surface area contributed by atoms with Crippen molar-refractivity contribution < 1.29 is 9.53 Å². The first-order valence-electron chi connectivity index (χ1n) is 7.40. The Morgan fingerprint density at radius 2 is 2.00 bits per heavy atom. The Morgan fingerprint density at radius 1 is 1.26 bits per heavy atom. The number of pyridine rings is 1. The van der Waals surface area contributed by atoms with Gasteiger partial charge in [-0.1, -0.05) is 0 Å². The molecule has 2 aromatic rings. The van der Waals surface area contributed by atoms with Gasteiger partial charge in [-0.25, -0.2) is 4.79 Å². The smallest absolute Gasteiger partial charge is 0.341 e. The molecule has 0 spiro atoms. The number of carbonyl (C=O) groups is 1. The van der Waals surface area contributed by atoms with Crippen LogP contribution in [0.25, 0.3) is 0 Å². The molecule has 1 aliphatic carbocycles. The van der Waals surface area contributed by atoms with Gasteiger partial charge in [-0.05, 0) is 55.6 Å². The number of fused-ring (bicyclic) bond motifs is 1. The van der Waals surface area contributed by atoms with Crippen LogP contribution < -0.4 is 10.6 Å². The molecule has 5 nitrogen and oxygen atoms in total. The molecule has 0 fully saturated rings. The minimum atomic E-state index is -0.307. The lowest BCUT2D eigenvalue weighted by molar-refractivity contribution is 0.0601. The molecule has 0 saturated carbocycles. The number of hydrogen-bond donors (Lipinski definition) is 2. The lowest BCUT2D eigenvalue weighted by Gasteiger charge is -2.12. The van der Waals surface area contributed by atoms with Gasteiger partial charge in [0.1, 0.15) is 5.00 Å². The minimum absolute atomic E-state index is 0.307. The standard InChI is InChI=1S/C16H17N3O2S2/c1-21-15(20)13-11-4-2-3-5-12(11)23-14(13)19-16(22)18-10-6-8-17-9-7-10/h6-9H,2-5H2,1H3,(H2,17,18,19,22). The van der Waals surface area contributed by atoms with Crippen LogP contribution in [0.15, 0.2) is 24.5 Å². The van der Waals surface area contributed by atoms with Crippen LogP contribution in [0.5, 0.6) is 0 Å². The van der Waals surface area contributed by atoms with E-state index >= 15 is 0 Å². The van der Waals surface area contributed by atoms with Gasteiger partial charge in [0.15, 0.2) is 5.11 Å². The van der Waals surface area contributed by atoms with Crippen molar-refractivity contribution in [3.63, 3.8) is 0 Å². The zero-order chi connectivity index (χ0) is 16.2. The van der Waals surface area contributed by atoms with E-state index < -0.39 is 0 Å². The number of esters is 1. The second-order valence-electron chi connectivity index (χ2n) is 5.22. The van der Waals surface area contributed by atoms with Crippen molar-refractivity contribution >= 4 is 45.3 Å². The van der Waals surface area contributed by atoms with Gasteiger partial charge < -0.3 is 15.4 Å². The first kappa shape index (κ1) is 15.9. The fourth-order valence-electron chi connectivity index (χ4n) is 2.67. The summed E-state index contributed by atoms with van der Waals surface area (Å²) in [4.78, 5) is 17.4. The number of thiophene rings is 1. The zero-order valence-corrected chi connectivity index (χ0v) is 14.4. The summed E-state index contributed by atoms with van der Waals surface area (Å²) in [6.45, 7) is 0. The van der Waals surface area contributed by atoms with E-state index in [0.717, 1.165) is 41.9 Å². The Kier molecular flexibility index (Phi) is 4.88. The highest BCUT2D eigenvalue weighted by Gasteiger charge is 2.26. The van der Waals surface area contributed by atoms with Crippen LogP contribution in [0, 0.1) is 0 Å². The van der Waals surface area contributed by atoms with Crippen molar-refractivity contribution in [3.05, 3.63) is 40.5 Å². The topological polar surface area (TPSA) is 63.2 Å². The second kappa shape index (κ2) is 7.06. The summed E-state index contributed by atoms with van der Waals surface area (Å²) >= 11 is 6.95. The van der Waals surface area contributed by atoms with Crippen molar-refractivity contribution in [2.75, 3.05) is 17.7 Å². The van der Waals surface area contributed by atoms with Gasteiger partial charge in [-0.3, -0.25) is 4.98 Å². The number of ether oxygens (including phenoxy) is 1. The number of hydrogen-bond acceptors (Lipinski definition) is 5. The molecule has 0 aromatic carbocycles. The molecule has 2 heterocycles. The highest BCUT2D eigenvalue weighted by Crippen LogP contribution is 2.38. The van der Waals surface area contributed by atoms with Crippen LogP contribution in [0.4, 0.5) is 10.7 Å². The molecular weight excluding hydrogens is 330 g/mol. The van der Waals surface area contributed by atoms with Crippen LogP contribution in [-0.2, 0) is 17.6 Å². The van der Waals surface area contributed by atoms with Crippen LogP contribution in [0.1, 0.15) is 33.6 Å². The summed E-state index contributed by atoms with van der Waals surface area (Å²) < 4.78 is 4.96. The van der Waals surface area contributed by atoms with Crippen molar-refractivity contribution in [3.8, 4) is 0 Å². The molecule has 0 saturated heterocycles. The summed E-state index contributed by atoms with van der Waals surface area (Å²) in [5.41, 5.74) is 2.59. The molecule has 0 amide bonds. The van der Waals surface area contributed by atoms with E-state index in [9.17, 15) is 4.79 Å². The van der Waals surface area contributed by atoms with Crippen molar-refractivity contribution in [1.82, 2.24) is 4.98 Å². The maximum absolute atomic E-state index is 12.2. The Morgan fingerprint density at radius 3 is 2.74 bits per heavy atom. The third-order valence-electron chi connectivity index (χ3n) is 3.73. The number of carbonyl (C=O) groups excluding carboxylic acids is 1. The molecule has 0 aliphatic heterocycles. The second-order valence-corrected chi connectivity index (χ2v) is 6.74. The monoisotopic (exact) mass is 347 g/mol. The largest absolute Gasteiger partial charge is 0.465 e. The number of rotatable bonds is 3. The Labute approximate surface area is 144 Å². The Hall–Kier alpha value is -1.99. The normalized spacial score (nSPS) is 13.1. The van der Waals surface area contributed by atoms with Crippen LogP contribution >= 0.6 is 23.6 Å². The number of thiocarbonyl (C=S) groups is 1. The van der Waals surface area contributed by atoms with E-state index in [2.05, 4.69) is 15.6 Å². The van der Waals surface area contributed by atoms with Gasteiger partial charge in [0.25, 0.3) is 0 Å². The molecule has 0 radical (unpaired) electrons. The number of nitrogens with one attached hydrogen (secondary N) is 2. The zero-order valence-electron chi connectivity index (χ0n) is 12.7. The van der Waals surface area contributed by atoms with Gasteiger partial charge in [0, 0.05) is 23.0 Å². The van der Waals surface area contributed by atoms with E-state index in [-0.39, 0.29) is 5.97 Å². The van der Waals surface area contributed by atoms with Gasteiger partial charge in [-0.15, -0.1) is 11.3 Å². The first-order valence-corrected chi connectivity index (χ1v) is 8.62. The predicted octanol–water partition coefficient (Wildman–Crippen LogP) is 3.62. The van der Waals surface area contributed by atoms with Crippen molar-refractivity contribution in [2.24, 2.45) is 0 Å². The summed E-state index contributed by atoms with van der Waals surface area (Å²) in [5, 5.41) is 7.44.